The fourth-order valence-electron chi connectivity index (χ4n) is 3.24. The van der Waals surface area contributed by atoms with Crippen LogP contribution in [0.5, 0.6) is 0 Å². The predicted molar refractivity (Wildman–Crippen MR) is 127 cm³/mol. The quantitative estimate of drug-likeness (QED) is 0.411. The summed E-state index contributed by atoms with van der Waals surface area (Å²) in [5, 5.41) is 3.14. The number of carbonyl (C=O) groups excluding carboxylic acids is 1. The number of hydrogen-bond acceptors (Lipinski definition) is 5. The smallest absolute Gasteiger partial charge is 0.243 e. The van der Waals surface area contributed by atoms with Crippen molar-refractivity contribution in [2.75, 3.05) is 18.4 Å². The van der Waals surface area contributed by atoms with E-state index < -0.39 is 10.0 Å². The molecule has 0 unspecified atom stereocenters. The van der Waals surface area contributed by atoms with E-state index in [0.29, 0.717) is 34.0 Å². The Labute approximate surface area is 192 Å². The van der Waals surface area contributed by atoms with Gasteiger partial charge in [-0.05, 0) is 48.7 Å². The SMILES string of the molecule is CCCCN(CCCC)S(=O)(=O)c1ccc2nc(NC(=O)Cc3ccc(F)cc3)sc2c1. The molecule has 0 atom stereocenters. The Hall–Kier alpha value is -2.36. The number of halogens is 1. The van der Waals surface area contributed by atoms with Crippen LogP contribution in [0.2, 0.25) is 0 Å². The average Bonchev–Trinajstić information content (AvgIpc) is 3.16. The van der Waals surface area contributed by atoms with Gasteiger partial charge in [-0.25, -0.2) is 17.8 Å². The fraction of sp³-hybridized carbons (Fsp3) is 0.391. The van der Waals surface area contributed by atoms with Crippen molar-refractivity contribution >= 4 is 42.6 Å². The maximum absolute atomic E-state index is 13.2. The predicted octanol–water partition coefficient (Wildman–Crippen LogP) is 5.21. The molecule has 0 aliphatic rings. The molecule has 0 aliphatic carbocycles. The molecule has 172 valence electrons. The summed E-state index contributed by atoms with van der Waals surface area (Å²) in [5.74, 6) is -0.622. The Morgan fingerprint density at radius 1 is 1.06 bits per heavy atom. The number of nitrogens with one attached hydrogen (secondary N) is 1. The van der Waals surface area contributed by atoms with Gasteiger partial charge in [-0.3, -0.25) is 4.79 Å². The van der Waals surface area contributed by atoms with Gasteiger partial charge < -0.3 is 5.32 Å². The summed E-state index contributed by atoms with van der Waals surface area (Å²) in [4.78, 5) is 17.0. The molecule has 1 aromatic heterocycles. The second-order valence-electron chi connectivity index (χ2n) is 7.61. The maximum Gasteiger partial charge on any atom is 0.243 e. The van der Waals surface area contributed by atoms with Crippen molar-refractivity contribution in [2.45, 2.75) is 50.8 Å². The van der Waals surface area contributed by atoms with Crippen LogP contribution in [0, 0.1) is 5.82 Å². The summed E-state index contributed by atoms with van der Waals surface area (Å²) < 4.78 is 41.7. The van der Waals surface area contributed by atoms with E-state index in [1.54, 1.807) is 34.6 Å². The van der Waals surface area contributed by atoms with Gasteiger partial charge in [-0.15, -0.1) is 0 Å². The fourth-order valence-corrected chi connectivity index (χ4v) is 5.78. The first-order chi connectivity index (χ1) is 15.3. The lowest BCUT2D eigenvalue weighted by Crippen LogP contribution is -2.33. The largest absolute Gasteiger partial charge is 0.302 e. The molecule has 0 saturated heterocycles. The van der Waals surface area contributed by atoms with E-state index in [-0.39, 0.29) is 23.0 Å². The molecule has 32 heavy (non-hydrogen) atoms. The third kappa shape index (κ3) is 6.11. The number of unbranched alkanes of at least 4 members (excludes halogenated alkanes) is 2. The normalized spacial score (nSPS) is 11.9. The van der Waals surface area contributed by atoms with E-state index in [2.05, 4.69) is 10.3 Å². The Balaban J connectivity index is 1.77. The number of aromatic nitrogens is 1. The average molecular weight is 478 g/mol. The number of carbonyl (C=O) groups is 1. The minimum atomic E-state index is -3.60. The minimum absolute atomic E-state index is 0.0969. The number of sulfonamides is 1. The number of hydrogen-bond donors (Lipinski definition) is 1. The first-order valence-corrected chi connectivity index (χ1v) is 13.0. The van der Waals surface area contributed by atoms with Crippen LogP contribution in [-0.2, 0) is 21.2 Å². The molecule has 0 bridgehead atoms. The molecule has 0 aliphatic heterocycles. The molecule has 1 heterocycles. The highest BCUT2D eigenvalue weighted by molar-refractivity contribution is 7.89. The zero-order chi connectivity index (χ0) is 23.1. The third-order valence-corrected chi connectivity index (χ3v) is 7.87. The monoisotopic (exact) mass is 477 g/mol. The lowest BCUT2D eigenvalue weighted by Gasteiger charge is -2.21. The maximum atomic E-state index is 13.2. The van der Waals surface area contributed by atoms with E-state index in [9.17, 15) is 17.6 Å². The van der Waals surface area contributed by atoms with Gasteiger partial charge in [0.25, 0.3) is 0 Å². The van der Waals surface area contributed by atoms with Crippen LogP contribution in [0.25, 0.3) is 10.2 Å². The first kappa shape index (κ1) is 24.3. The van der Waals surface area contributed by atoms with Crippen LogP contribution in [0.3, 0.4) is 0 Å². The second kappa shape index (κ2) is 11.0. The number of rotatable bonds is 11. The Morgan fingerprint density at radius 2 is 1.72 bits per heavy atom. The van der Waals surface area contributed by atoms with E-state index in [1.165, 1.54) is 23.5 Å². The number of fused-ring (bicyclic) bond motifs is 1. The Morgan fingerprint density at radius 3 is 2.34 bits per heavy atom. The molecule has 9 heteroatoms. The lowest BCUT2D eigenvalue weighted by atomic mass is 10.1. The van der Waals surface area contributed by atoms with Crippen molar-refractivity contribution in [3.05, 3.63) is 53.8 Å². The number of thiazole rings is 1. The zero-order valence-electron chi connectivity index (χ0n) is 18.3. The molecule has 0 radical (unpaired) electrons. The molecule has 2 aromatic carbocycles. The van der Waals surface area contributed by atoms with Crippen LogP contribution in [0.1, 0.15) is 45.1 Å². The summed E-state index contributed by atoms with van der Waals surface area (Å²) in [6.07, 6.45) is 3.58. The standard InChI is InChI=1S/C23H28FN3O3S2/c1-3-5-13-27(14-6-4-2)32(29,30)19-11-12-20-21(16-19)31-23(25-20)26-22(28)15-17-7-9-18(24)10-8-17/h7-12,16H,3-6,13-15H2,1-2H3,(H,25,26,28). The summed E-state index contributed by atoms with van der Waals surface area (Å²) in [5.41, 5.74) is 1.32. The van der Waals surface area contributed by atoms with Crippen LogP contribution in [0.15, 0.2) is 47.4 Å². The van der Waals surface area contributed by atoms with Crippen molar-refractivity contribution in [1.82, 2.24) is 9.29 Å². The molecule has 3 aromatic rings. The van der Waals surface area contributed by atoms with Crippen LogP contribution in [-0.4, -0.2) is 36.7 Å². The van der Waals surface area contributed by atoms with E-state index in [4.69, 9.17) is 0 Å². The van der Waals surface area contributed by atoms with E-state index in [1.807, 2.05) is 13.8 Å². The summed E-state index contributed by atoms with van der Waals surface area (Å²) in [6, 6.07) is 10.6. The van der Waals surface area contributed by atoms with Gasteiger partial charge in [0, 0.05) is 13.1 Å². The van der Waals surface area contributed by atoms with Crippen molar-refractivity contribution in [3.63, 3.8) is 0 Å². The highest BCUT2D eigenvalue weighted by Crippen LogP contribution is 2.29. The first-order valence-electron chi connectivity index (χ1n) is 10.8. The number of amides is 1. The van der Waals surface area contributed by atoms with Gasteiger partial charge in [0.15, 0.2) is 5.13 Å². The van der Waals surface area contributed by atoms with Crippen LogP contribution < -0.4 is 5.32 Å². The van der Waals surface area contributed by atoms with Crippen LogP contribution >= 0.6 is 11.3 Å². The molecule has 3 rings (SSSR count). The molecule has 0 fully saturated rings. The summed E-state index contributed by atoms with van der Waals surface area (Å²) >= 11 is 1.23. The molecular formula is C23H28FN3O3S2. The second-order valence-corrected chi connectivity index (χ2v) is 10.6. The van der Waals surface area contributed by atoms with Gasteiger partial charge in [-0.1, -0.05) is 50.2 Å². The topological polar surface area (TPSA) is 79.4 Å². The summed E-state index contributed by atoms with van der Waals surface area (Å²) in [6.45, 7) is 5.09. The molecular weight excluding hydrogens is 449 g/mol. The van der Waals surface area contributed by atoms with Gasteiger partial charge >= 0.3 is 0 Å². The molecule has 0 spiro atoms. The molecule has 1 N–H and O–H groups in total. The van der Waals surface area contributed by atoms with Gasteiger partial charge in [-0.2, -0.15) is 4.31 Å². The van der Waals surface area contributed by atoms with E-state index >= 15 is 0 Å². The van der Waals surface area contributed by atoms with Gasteiger partial charge in [0.05, 0.1) is 21.5 Å². The Kier molecular flexibility index (Phi) is 8.33. The number of anilines is 1. The van der Waals surface area contributed by atoms with Crippen molar-refractivity contribution in [1.29, 1.82) is 0 Å². The van der Waals surface area contributed by atoms with E-state index in [0.717, 1.165) is 25.7 Å². The van der Waals surface area contributed by atoms with Gasteiger partial charge in [0.1, 0.15) is 5.82 Å². The number of nitrogens with zero attached hydrogens (tertiary/aromatic N) is 2. The molecule has 1 amide bonds. The molecule has 0 saturated carbocycles. The zero-order valence-corrected chi connectivity index (χ0v) is 19.9. The van der Waals surface area contributed by atoms with Crippen molar-refractivity contribution in [3.8, 4) is 0 Å². The minimum Gasteiger partial charge on any atom is -0.302 e. The molecule has 6 nitrogen and oxygen atoms in total. The lowest BCUT2D eigenvalue weighted by molar-refractivity contribution is -0.115. The van der Waals surface area contributed by atoms with Gasteiger partial charge in [0.2, 0.25) is 15.9 Å². The Bertz CT molecular complexity index is 1150. The summed E-state index contributed by atoms with van der Waals surface area (Å²) in [7, 11) is -3.60. The highest BCUT2D eigenvalue weighted by Gasteiger charge is 2.24. The highest BCUT2D eigenvalue weighted by atomic mass is 32.2. The van der Waals surface area contributed by atoms with Crippen LogP contribution in [0.4, 0.5) is 9.52 Å². The van der Waals surface area contributed by atoms with Crippen molar-refractivity contribution < 1.29 is 17.6 Å². The number of benzene rings is 2. The van der Waals surface area contributed by atoms with Crippen molar-refractivity contribution in [2.24, 2.45) is 0 Å². The third-order valence-electron chi connectivity index (χ3n) is 5.04.